The van der Waals surface area contributed by atoms with Crippen LogP contribution in [0.25, 0.3) is 10.9 Å². The third-order valence-electron chi connectivity index (χ3n) is 8.94. The molecule has 6 nitrogen and oxygen atoms in total. The predicted molar refractivity (Wildman–Crippen MR) is 191 cm³/mol. The Kier molecular flexibility index (Phi) is 13.0. The fourth-order valence-corrected chi connectivity index (χ4v) is 6.50. The lowest BCUT2D eigenvalue weighted by Gasteiger charge is -2.39. The Morgan fingerprint density at radius 2 is 1.40 bits per heavy atom. The van der Waals surface area contributed by atoms with Gasteiger partial charge in [0.05, 0.1) is 11.6 Å². The fraction of sp³-hybridized carbons (Fsp3) is 0.447. The minimum Gasteiger partial charge on any atom is -0.487 e. The standard InChI is InChI=1S/C38H53N3O3Si/c1-38(2,3)45(4,5)44-35(28-40-26-15-7-6-14-25-39-27-24-30-16-10-8-11-17-30)32-20-22-34(37-33(32)21-23-36(42)41-37)43-29-31-18-12-9-13-19-31/h8-13,16-23,35,39-40H,6-7,14-15,24-29H2,1-5H3,(H,41,42)/t35-/m0/s1. The van der Waals surface area contributed by atoms with Crippen molar-refractivity contribution in [2.75, 3.05) is 26.2 Å². The van der Waals surface area contributed by atoms with Crippen molar-refractivity contribution in [1.82, 2.24) is 15.6 Å². The third kappa shape index (κ3) is 10.7. The molecule has 1 atom stereocenters. The van der Waals surface area contributed by atoms with E-state index in [4.69, 9.17) is 9.16 Å². The molecule has 45 heavy (non-hydrogen) atoms. The lowest BCUT2D eigenvalue weighted by Crippen LogP contribution is -2.43. The molecule has 0 bridgehead atoms. The van der Waals surface area contributed by atoms with Crippen LogP contribution in [0.3, 0.4) is 0 Å². The van der Waals surface area contributed by atoms with Gasteiger partial charge in [0.25, 0.3) is 0 Å². The number of benzene rings is 3. The zero-order valence-electron chi connectivity index (χ0n) is 28.0. The highest BCUT2D eigenvalue weighted by Gasteiger charge is 2.39. The van der Waals surface area contributed by atoms with Gasteiger partial charge < -0.3 is 24.8 Å². The Balaban J connectivity index is 1.35. The summed E-state index contributed by atoms with van der Waals surface area (Å²) in [6.45, 7) is 15.6. The summed E-state index contributed by atoms with van der Waals surface area (Å²) in [5.74, 6) is 0.670. The number of fused-ring (bicyclic) bond motifs is 1. The number of ether oxygens (including phenoxy) is 1. The number of H-pyrrole nitrogens is 1. The lowest BCUT2D eigenvalue weighted by atomic mass is 10.0. The Bertz CT molecular complexity index is 1500. The van der Waals surface area contributed by atoms with Gasteiger partial charge in [0.15, 0.2) is 8.32 Å². The van der Waals surface area contributed by atoms with Crippen molar-refractivity contribution in [3.8, 4) is 5.75 Å². The zero-order valence-corrected chi connectivity index (χ0v) is 29.0. The molecule has 3 N–H and O–H groups in total. The molecule has 3 aromatic carbocycles. The van der Waals surface area contributed by atoms with Crippen LogP contribution in [0.5, 0.6) is 5.75 Å². The monoisotopic (exact) mass is 627 g/mol. The van der Waals surface area contributed by atoms with Crippen LogP contribution in [0, 0.1) is 0 Å². The van der Waals surface area contributed by atoms with Crippen LogP contribution in [0.15, 0.2) is 89.7 Å². The van der Waals surface area contributed by atoms with Crippen LogP contribution in [-0.4, -0.2) is 39.5 Å². The summed E-state index contributed by atoms with van der Waals surface area (Å²) in [5, 5.41) is 8.32. The number of rotatable bonds is 18. The Morgan fingerprint density at radius 1 is 0.756 bits per heavy atom. The predicted octanol–water partition coefficient (Wildman–Crippen LogP) is 8.15. The van der Waals surface area contributed by atoms with Crippen LogP contribution in [0.1, 0.15) is 69.2 Å². The number of pyridine rings is 1. The van der Waals surface area contributed by atoms with Crippen molar-refractivity contribution in [3.63, 3.8) is 0 Å². The van der Waals surface area contributed by atoms with Gasteiger partial charge in [0.2, 0.25) is 5.56 Å². The van der Waals surface area contributed by atoms with Gasteiger partial charge in [0.1, 0.15) is 12.4 Å². The van der Waals surface area contributed by atoms with Gasteiger partial charge >= 0.3 is 0 Å². The van der Waals surface area contributed by atoms with Crippen LogP contribution in [0.2, 0.25) is 18.1 Å². The summed E-state index contributed by atoms with van der Waals surface area (Å²) in [5.41, 5.74) is 4.12. The zero-order chi connectivity index (χ0) is 32.1. The second-order valence-electron chi connectivity index (χ2n) is 13.5. The van der Waals surface area contributed by atoms with E-state index in [9.17, 15) is 4.79 Å². The van der Waals surface area contributed by atoms with Crippen molar-refractivity contribution in [2.45, 2.75) is 83.7 Å². The second kappa shape index (κ2) is 16.9. The van der Waals surface area contributed by atoms with Crippen LogP contribution in [-0.2, 0) is 17.5 Å². The van der Waals surface area contributed by atoms with Crippen molar-refractivity contribution in [3.05, 3.63) is 112 Å². The summed E-state index contributed by atoms with van der Waals surface area (Å²) in [6, 6.07) is 28.3. The Hall–Kier alpha value is -3.23. The molecule has 1 heterocycles. The number of hydrogen-bond donors (Lipinski definition) is 3. The number of unbranched alkanes of at least 4 members (excludes halogenated alkanes) is 3. The Morgan fingerprint density at radius 3 is 2.07 bits per heavy atom. The van der Waals surface area contributed by atoms with Gasteiger partial charge in [-0.2, -0.15) is 0 Å². The highest BCUT2D eigenvalue weighted by Crippen LogP contribution is 2.41. The molecule has 0 radical (unpaired) electrons. The van der Waals surface area contributed by atoms with Gasteiger partial charge in [-0.1, -0.05) is 100 Å². The van der Waals surface area contributed by atoms with Gasteiger partial charge in [-0.15, -0.1) is 0 Å². The minimum absolute atomic E-state index is 0.0727. The molecule has 0 unspecified atom stereocenters. The molecule has 0 aliphatic carbocycles. The van der Waals surface area contributed by atoms with E-state index < -0.39 is 8.32 Å². The molecule has 4 rings (SSSR count). The average Bonchev–Trinajstić information content (AvgIpc) is 3.02. The maximum Gasteiger partial charge on any atom is 0.248 e. The first kappa shape index (κ1) is 34.6. The molecule has 1 aromatic heterocycles. The minimum atomic E-state index is -2.09. The van der Waals surface area contributed by atoms with E-state index in [0.29, 0.717) is 18.9 Å². The average molecular weight is 628 g/mol. The smallest absolute Gasteiger partial charge is 0.248 e. The number of hydrogen-bond acceptors (Lipinski definition) is 5. The van der Waals surface area contributed by atoms with E-state index in [1.165, 1.54) is 24.8 Å². The fourth-order valence-electron chi connectivity index (χ4n) is 5.22. The molecule has 242 valence electrons. The van der Waals surface area contributed by atoms with Crippen molar-refractivity contribution in [1.29, 1.82) is 0 Å². The van der Waals surface area contributed by atoms with Crippen molar-refractivity contribution in [2.24, 2.45) is 0 Å². The summed E-state index contributed by atoms with van der Waals surface area (Å²) in [4.78, 5) is 15.5. The quantitative estimate of drug-likeness (QED) is 0.0767. The van der Waals surface area contributed by atoms with Crippen LogP contribution < -0.4 is 20.9 Å². The molecule has 0 fully saturated rings. The first-order valence-corrected chi connectivity index (χ1v) is 19.5. The summed E-state index contributed by atoms with van der Waals surface area (Å²) >= 11 is 0. The molecular weight excluding hydrogens is 575 g/mol. The van der Waals surface area contributed by atoms with E-state index >= 15 is 0 Å². The van der Waals surface area contributed by atoms with Gasteiger partial charge in [0, 0.05) is 18.0 Å². The first-order valence-electron chi connectivity index (χ1n) is 16.6. The van der Waals surface area contributed by atoms with E-state index in [-0.39, 0.29) is 16.7 Å². The van der Waals surface area contributed by atoms with E-state index in [0.717, 1.165) is 54.5 Å². The van der Waals surface area contributed by atoms with Crippen molar-refractivity contribution >= 4 is 19.2 Å². The highest BCUT2D eigenvalue weighted by atomic mass is 28.4. The lowest BCUT2D eigenvalue weighted by molar-refractivity contribution is 0.181. The normalized spacial score (nSPS) is 12.8. The van der Waals surface area contributed by atoms with Gasteiger partial charge in [-0.3, -0.25) is 4.79 Å². The molecule has 0 saturated carbocycles. The second-order valence-corrected chi connectivity index (χ2v) is 18.3. The Labute approximate surface area is 271 Å². The maximum atomic E-state index is 12.4. The molecule has 0 saturated heterocycles. The SMILES string of the molecule is CC(C)(C)[Si](C)(C)O[C@@H](CNCCCCCCNCCc1ccccc1)c1ccc(OCc2ccccc2)c2[nH]c(=O)ccc12. The van der Waals surface area contributed by atoms with Gasteiger partial charge in [-0.05, 0) is 85.9 Å². The highest BCUT2D eigenvalue weighted by molar-refractivity contribution is 6.74. The van der Waals surface area contributed by atoms with Crippen molar-refractivity contribution < 1.29 is 9.16 Å². The molecular formula is C38H53N3O3Si. The molecule has 7 heteroatoms. The summed E-state index contributed by atoms with van der Waals surface area (Å²) in [7, 11) is -2.09. The number of nitrogens with one attached hydrogen (secondary N) is 3. The van der Waals surface area contributed by atoms with E-state index in [2.05, 4.69) is 85.9 Å². The first-order chi connectivity index (χ1) is 21.6. The van der Waals surface area contributed by atoms with Crippen LogP contribution >= 0.6 is 0 Å². The molecule has 0 amide bonds. The maximum absolute atomic E-state index is 12.4. The number of aromatic nitrogens is 1. The topological polar surface area (TPSA) is 75.4 Å². The largest absolute Gasteiger partial charge is 0.487 e. The molecule has 0 spiro atoms. The summed E-state index contributed by atoms with van der Waals surface area (Å²) in [6.07, 6.45) is 5.71. The molecule has 4 aromatic rings. The number of aromatic amines is 1. The molecule has 0 aliphatic rings. The molecule has 0 aliphatic heterocycles. The summed E-state index contributed by atoms with van der Waals surface area (Å²) < 4.78 is 13.3. The third-order valence-corrected chi connectivity index (χ3v) is 13.4. The van der Waals surface area contributed by atoms with E-state index in [1.807, 2.05) is 42.5 Å². The van der Waals surface area contributed by atoms with E-state index in [1.54, 1.807) is 6.07 Å². The van der Waals surface area contributed by atoms with Crippen LogP contribution in [0.4, 0.5) is 0 Å². The van der Waals surface area contributed by atoms with Gasteiger partial charge in [-0.25, -0.2) is 0 Å².